The smallest absolute Gasteiger partial charge is 0.0764 e. The minimum absolute atomic E-state index is 0.155. The molecule has 118 valence electrons. The summed E-state index contributed by atoms with van der Waals surface area (Å²) in [7, 11) is 0. The summed E-state index contributed by atoms with van der Waals surface area (Å²) < 4.78 is 2.21. The Bertz CT molecular complexity index is 429. The van der Waals surface area contributed by atoms with Gasteiger partial charge in [-0.3, -0.25) is 9.58 Å². The van der Waals surface area contributed by atoms with E-state index in [0.29, 0.717) is 12.0 Å². The minimum Gasteiger partial charge on any atom is -0.393 e. The summed E-state index contributed by atoms with van der Waals surface area (Å²) in [6.07, 6.45) is 10.9. The van der Waals surface area contributed by atoms with Crippen LogP contribution in [0.25, 0.3) is 0 Å². The maximum absolute atomic E-state index is 9.67. The molecule has 0 amide bonds. The van der Waals surface area contributed by atoms with Gasteiger partial charge in [0, 0.05) is 12.7 Å². The standard InChI is InChI=1S/C17H29N3O/c1-14(21)15-7-10-19(11-8-15)13-16-9-12-20(18-16)17-5-3-2-4-6-17/h9,12,14-15,17,21H,2-8,10-11,13H2,1H3. The van der Waals surface area contributed by atoms with Gasteiger partial charge >= 0.3 is 0 Å². The highest BCUT2D eigenvalue weighted by molar-refractivity contribution is 5.00. The first-order valence-electron chi connectivity index (χ1n) is 8.67. The Labute approximate surface area is 128 Å². The zero-order valence-electron chi connectivity index (χ0n) is 13.2. The van der Waals surface area contributed by atoms with Gasteiger partial charge in [-0.25, -0.2) is 0 Å². The summed E-state index contributed by atoms with van der Waals surface area (Å²) in [5, 5.41) is 14.5. The molecule has 1 unspecified atom stereocenters. The zero-order chi connectivity index (χ0) is 14.7. The van der Waals surface area contributed by atoms with Gasteiger partial charge in [0.25, 0.3) is 0 Å². The summed E-state index contributed by atoms with van der Waals surface area (Å²) >= 11 is 0. The summed E-state index contributed by atoms with van der Waals surface area (Å²) in [5.74, 6) is 0.487. The van der Waals surface area contributed by atoms with Gasteiger partial charge < -0.3 is 5.11 Å². The number of piperidine rings is 1. The van der Waals surface area contributed by atoms with E-state index < -0.39 is 0 Å². The molecule has 0 radical (unpaired) electrons. The van der Waals surface area contributed by atoms with Crippen LogP contribution in [-0.4, -0.2) is 39.0 Å². The van der Waals surface area contributed by atoms with Gasteiger partial charge in [-0.15, -0.1) is 0 Å². The van der Waals surface area contributed by atoms with Crippen molar-refractivity contribution in [1.82, 2.24) is 14.7 Å². The lowest BCUT2D eigenvalue weighted by Crippen LogP contribution is -2.36. The lowest BCUT2D eigenvalue weighted by atomic mass is 9.92. The molecule has 3 rings (SSSR count). The van der Waals surface area contributed by atoms with E-state index in [4.69, 9.17) is 5.10 Å². The largest absolute Gasteiger partial charge is 0.393 e. The quantitative estimate of drug-likeness (QED) is 0.927. The highest BCUT2D eigenvalue weighted by Gasteiger charge is 2.23. The molecule has 4 heteroatoms. The molecule has 1 N–H and O–H groups in total. The van der Waals surface area contributed by atoms with Gasteiger partial charge in [-0.2, -0.15) is 5.10 Å². The van der Waals surface area contributed by atoms with Crippen LogP contribution in [0.3, 0.4) is 0 Å². The lowest BCUT2D eigenvalue weighted by Gasteiger charge is -2.32. The SMILES string of the molecule is CC(O)C1CCN(Cc2ccn(C3CCCCC3)n2)CC1. The number of likely N-dealkylation sites (tertiary alicyclic amines) is 1. The van der Waals surface area contributed by atoms with Crippen LogP contribution < -0.4 is 0 Å². The van der Waals surface area contributed by atoms with Crippen LogP contribution in [-0.2, 0) is 6.54 Å². The Kier molecular flexibility index (Phi) is 4.96. The minimum atomic E-state index is -0.155. The summed E-state index contributed by atoms with van der Waals surface area (Å²) in [6.45, 7) is 5.07. The molecule has 0 spiro atoms. The van der Waals surface area contributed by atoms with Crippen molar-refractivity contribution >= 4 is 0 Å². The molecule has 4 nitrogen and oxygen atoms in total. The van der Waals surface area contributed by atoms with E-state index >= 15 is 0 Å². The predicted molar refractivity (Wildman–Crippen MR) is 84.0 cm³/mol. The van der Waals surface area contributed by atoms with E-state index in [0.717, 1.165) is 32.5 Å². The van der Waals surface area contributed by atoms with E-state index in [-0.39, 0.29) is 6.10 Å². The zero-order valence-corrected chi connectivity index (χ0v) is 13.2. The Morgan fingerprint density at radius 1 is 1.19 bits per heavy atom. The maximum Gasteiger partial charge on any atom is 0.0764 e. The second-order valence-electron chi connectivity index (χ2n) is 6.93. The van der Waals surface area contributed by atoms with Gasteiger partial charge in [0.05, 0.1) is 17.8 Å². The number of nitrogens with zero attached hydrogens (tertiary/aromatic N) is 3. The molecular weight excluding hydrogens is 262 g/mol. The first-order chi connectivity index (χ1) is 10.2. The Balaban J connectivity index is 1.51. The Morgan fingerprint density at radius 2 is 1.90 bits per heavy atom. The van der Waals surface area contributed by atoms with Crippen molar-refractivity contribution in [3.8, 4) is 0 Å². The van der Waals surface area contributed by atoms with Crippen LogP contribution in [0.2, 0.25) is 0 Å². The molecule has 2 aliphatic rings. The maximum atomic E-state index is 9.67. The van der Waals surface area contributed by atoms with Crippen molar-refractivity contribution in [2.75, 3.05) is 13.1 Å². The fourth-order valence-corrected chi connectivity index (χ4v) is 3.83. The number of aliphatic hydroxyl groups is 1. The monoisotopic (exact) mass is 291 g/mol. The third kappa shape index (κ3) is 3.86. The van der Waals surface area contributed by atoms with E-state index in [1.807, 2.05) is 6.92 Å². The van der Waals surface area contributed by atoms with Gasteiger partial charge in [0.1, 0.15) is 0 Å². The van der Waals surface area contributed by atoms with Gasteiger partial charge in [0.15, 0.2) is 0 Å². The van der Waals surface area contributed by atoms with Crippen molar-refractivity contribution in [3.63, 3.8) is 0 Å². The average molecular weight is 291 g/mol. The number of hydrogen-bond acceptors (Lipinski definition) is 3. The number of aromatic nitrogens is 2. The molecule has 1 saturated carbocycles. The van der Waals surface area contributed by atoms with Crippen molar-refractivity contribution < 1.29 is 5.11 Å². The van der Waals surface area contributed by atoms with Gasteiger partial charge in [-0.1, -0.05) is 19.3 Å². The van der Waals surface area contributed by atoms with Crippen molar-refractivity contribution in [1.29, 1.82) is 0 Å². The van der Waals surface area contributed by atoms with E-state index in [1.54, 1.807) is 0 Å². The molecule has 0 bridgehead atoms. The van der Waals surface area contributed by atoms with E-state index in [1.165, 1.54) is 37.8 Å². The van der Waals surface area contributed by atoms with Crippen molar-refractivity contribution in [2.45, 2.75) is 70.6 Å². The summed E-state index contributed by atoms with van der Waals surface area (Å²) in [4.78, 5) is 2.48. The molecule has 1 aliphatic carbocycles. The van der Waals surface area contributed by atoms with Gasteiger partial charge in [0.2, 0.25) is 0 Å². The highest BCUT2D eigenvalue weighted by atomic mass is 16.3. The van der Waals surface area contributed by atoms with Crippen LogP contribution >= 0.6 is 0 Å². The molecule has 1 aromatic heterocycles. The third-order valence-corrected chi connectivity index (χ3v) is 5.31. The Hall–Kier alpha value is -0.870. The van der Waals surface area contributed by atoms with Crippen LogP contribution in [0, 0.1) is 5.92 Å². The van der Waals surface area contributed by atoms with Crippen LogP contribution in [0.5, 0.6) is 0 Å². The van der Waals surface area contributed by atoms with E-state index in [2.05, 4.69) is 21.8 Å². The number of aliphatic hydroxyl groups excluding tert-OH is 1. The molecule has 1 atom stereocenters. The lowest BCUT2D eigenvalue weighted by molar-refractivity contribution is 0.0690. The van der Waals surface area contributed by atoms with Crippen LogP contribution in [0.15, 0.2) is 12.3 Å². The second-order valence-corrected chi connectivity index (χ2v) is 6.93. The summed E-state index contributed by atoms with van der Waals surface area (Å²) in [5.41, 5.74) is 1.20. The van der Waals surface area contributed by atoms with Crippen molar-refractivity contribution in [3.05, 3.63) is 18.0 Å². The predicted octanol–water partition coefficient (Wildman–Crippen LogP) is 2.98. The number of hydrogen-bond donors (Lipinski definition) is 1. The first kappa shape index (κ1) is 15.0. The van der Waals surface area contributed by atoms with E-state index in [9.17, 15) is 5.11 Å². The molecule has 21 heavy (non-hydrogen) atoms. The molecule has 2 heterocycles. The fourth-order valence-electron chi connectivity index (χ4n) is 3.83. The fraction of sp³-hybridized carbons (Fsp3) is 0.824. The molecule has 0 aromatic carbocycles. The third-order valence-electron chi connectivity index (χ3n) is 5.31. The molecule has 1 aliphatic heterocycles. The molecular formula is C17H29N3O. The Morgan fingerprint density at radius 3 is 2.57 bits per heavy atom. The first-order valence-corrected chi connectivity index (χ1v) is 8.67. The molecule has 1 saturated heterocycles. The summed E-state index contributed by atoms with van der Waals surface area (Å²) in [6, 6.07) is 2.82. The normalized spacial score (nSPS) is 24.3. The molecule has 2 fully saturated rings. The number of rotatable bonds is 4. The average Bonchev–Trinajstić information content (AvgIpc) is 2.97. The van der Waals surface area contributed by atoms with Crippen molar-refractivity contribution in [2.24, 2.45) is 5.92 Å². The molecule has 1 aromatic rings. The van der Waals surface area contributed by atoms with Gasteiger partial charge in [-0.05, 0) is 57.7 Å². The second kappa shape index (κ2) is 6.93. The highest BCUT2D eigenvalue weighted by Crippen LogP contribution is 2.28. The van der Waals surface area contributed by atoms with Crippen LogP contribution in [0.4, 0.5) is 0 Å². The van der Waals surface area contributed by atoms with Crippen LogP contribution in [0.1, 0.15) is 63.6 Å². The topological polar surface area (TPSA) is 41.3 Å².